The molecule has 1 aromatic heterocycles. The second-order valence-electron chi connectivity index (χ2n) is 10.8. The Morgan fingerprint density at radius 3 is 2.24 bits per heavy atom. The number of anilines is 1. The van der Waals surface area contributed by atoms with Crippen LogP contribution in [-0.4, -0.2) is 34.8 Å². The number of aromatic nitrogens is 1. The van der Waals surface area contributed by atoms with Crippen molar-refractivity contribution in [2.75, 3.05) is 18.0 Å². The van der Waals surface area contributed by atoms with Crippen molar-refractivity contribution < 1.29 is 14.6 Å². The van der Waals surface area contributed by atoms with Gasteiger partial charge in [-0.05, 0) is 58.4 Å². The van der Waals surface area contributed by atoms with Gasteiger partial charge in [0.25, 0.3) is 0 Å². The van der Waals surface area contributed by atoms with Crippen molar-refractivity contribution in [3.05, 3.63) is 58.4 Å². The van der Waals surface area contributed by atoms with Gasteiger partial charge >= 0.3 is 5.97 Å². The van der Waals surface area contributed by atoms with Crippen molar-refractivity contribution in [2.24, 2.45) is 5.41 Å². The molecule has 0 aliphatic carbocycles. The van der Waals surface area contributed by atoms with E-state index in [1.165, 1.54) is 0 Å². The largest absolute Gasteiger partial charge is 0.479 e. The summed E-state index contributed by atoms with van der Waals surface area (Å²) in [7, 11) is 0. The molecular weight excluding hydrogens is 412 g/mol. The number of piperidine rings is 1. The number of pyridine rings is 1. The number of carboxylic acids is 1. The van der Waals surface area contributed by atoms with Gasteiger partial charge in [-0.1, -0.05) is 56.3 Å². The molecule has 1 aliphatic rings. The molecule has 1 aliphatic heterocycles. The van der Waals surface area contributed by atoms with Crippen LogP contribution in [0, 0.1) is 19.3 Å². The maximum absolute atomic E-state index is 12.5. The number of carbonyl (C=O) groups is 1. The Morgan fingerprint density at radius 2 is 1.70 bits per heavy atom. The zero-order chi connectivity index (χ0) is 24.4. The average molecular weight is 451 g/mol. The average Bonchev–Trinajstić information content (AvgIpc) is 2.71. The van der Waals surface area contributed by atoms with E-state index in [1.54, 1.807) is 0 Å². The Morgan fingerprint density at radius 1 is 1.09 bits per heavy atom. The highest BCUT2D eigenvalue weighted by Crippen LogP contribution is 2.41. The monoisotopic (exact) mass is 450 g/mol. The van der Waals surface area contributed by atoms with E-state index in [0.29, 0.717) is 11.3 Å². The molecule has 1 atom stereocenters. The lowest BCUT2D eigenvalue weighted by molar-refractivity contribution is -0.160. The predicted molar refractivity (Wildman–Crippen MR) is 136 cm³/mol. The standard InChI is InChI=1S/C28H38N2O3/c1-19-22(14-13-21-11-9-8-10-12-21)24(30-17-15-28(6,7)16-18-30)23(20(2)29-19)25(26(31)32)33-27(3,4)5/h8-14,25H,15-18H2,1-7H3,(H,31,32). The van der Waals surface area contributed by atoms with Gasteiger partial charge in [0.2, 0.25) is 0 Å². The molecule has 1 saturated heterocycles. The number of benzene rings is 1. The molecule has 0 spiro atoms. The van der Waals surface area contributed by atoms with Crippen LogP contribution in [0.25, 0.3) is 12.2 Å². The lowest BCUT2D eigenvalue weighted by Gasteiger charge is -2.41. The summed E-state index contributed by atoms with van der Waals surface area (Å²) in [6, 6.07) is 10.1. The summed E-state index contributed by atoms with van der Waals surface area (Å²) in [5, 5.41) is 10.2. The lowest BCUT2D eigenvalue weighted by Crippen LogP contribution is -2.39. The quantitative estimate of drug-likeness (QED) is 0.549. The van der Waals surface area contributed by atoms with E-state index >= 15 is 0 Å². The van der Waals surface area contributed by atoms with E-state index in [0.717, 1.165) is 48.4 Å². The number of aryl methyl sites for hydroxylation is 2. The van der Waals surface area contributed by atoms with Crippen LogP contribution in [0.15, 0.2) is 30.3 Å². The second-order valence-corrected chi connectivity index (χ2v) is 10.8. The molecule has 0 amide bonds. The third kappa shape index (κ3) is 6.23. The number of nitrogens with zero attached hydrogens (tertiary/aromatic N) is 2. The summed E-state index contributed by atoms with van der Waals surface area (Å²) >= 11 is 0. The first-order chi connectivity index (χ1) is 15.4. The maximum atomic E-state index is 12.5. The topological polar surface area (TPSA) is 62.7 Å². The number of ether oxygens (including phenoxy) is 1. The summed E-state index contributed by atoms with van der Waals surface area (Å²) in [4.78, 5) is 19.6. The fraction of sp³-hybridized carbons (Fsp3) is 0.500. The minimum Gasteiger partial charge on any atom is -0.479 e. The Balaban J connectivity index is 2.20. The van der Waals surface area contributed by atoms with Crippen LogP contribution in [0.3, 0.4) is 0 Å². The Labute approximate surface area is 198 Å². The van der Waals surface area contributed by atoms with Crippen LogP contribution >= 0.6 is 0 Å². The van der Waals surface area contributed by atoms with Crippen molar-refractivity contribution >= 4 is 23.8 Å². The Kier molecular flexibility index (Phi) is 7.32. The number of hydrogen-bond acceptors (Lipinski definition) is 4. The third-order valence-corrected chi connectivity index (χ3v) is 6.26. The van der Waals surface area contributed by atoms with Crippen molar-refractivity contribution in [2.45, 2.75) is 73.0 Å². The summed E-state index contributed by atoms with van der Waals surface area (Å²) in [6.07, 6.45) is 5.15. The minimum atomic E-state index is -1.09. The molecule has 0 saturated carbocycles. The molecule has 2 heterocycles. The summed E-state index contributed by atoms with van der Waals surface area (Å²) in [5.74, 6) is -0.991. The first-order valence-corrected chi connectivity index (χ1v) is 11.8. The number of rotatable bonds is 6. The highest BCUT2D eigenvalue weighted by atomic mass is 16.5. The van der Waals surface area contributed by atoms with E-state index in [1.807, 2.05) is 52.8 Å². The molecule has 3 rings (SSSR count). The van der Waals surface area contributed by atoms with Gasteiger partial charge in [-0.15, -0.1) is 0 Å². The first kappa shape index (κ1) is 25.0. The van der Waals surface area contributed by atoms with Gasteiger partial charge in [-0.25, -0.2) is 4.79 Å². The highest BCUT2D eigenvalue weighted by Gasteiger charge is 2.35. The van der Waals surface area contributed by atoms with Crippen molar-refractivity contribution in [3.8, 4) is 0 Å². The first-order valence-electron chi connectivity index (χ1n) is 11.8. The van der Waals surface area contributed by atoms with Gasteiger partial charge in [0.1, 0.15) is 0 Å². The molecule has 2 aromatic rings. The Bertz CT molecular complexity index is 1010. The molecule has 1 unspecified atom stereocenters. The fourth-order valence-corrected chi connectivity index (χ4v) is 4.38. The van der Waals surface area contributed by atoms with E-state index in [-0.39, 0.29) is 5.41 Å². The summed E-state index contributed by atoms with van der Waals surface area (Å²) in [5.41, 5.74) is 4.93. The van der Waals surface area contributed by atoms with E-state index in [4.69, 9.17) is 9.72 Å². The molecule has 0 bridgehead atoms. The molecule has 33 heavy (non-hydrogen) atoms. The molecule has 0 radical (unpaired) electrons. The van der Waals surface area contributed by atoms with E-state index in [9.17, 15) is 9.90 Å². The molecule has 178 valence electrons. The maximum Gasteiger partial charge on any atom is 0.337 e. The van der Waals surface area contributed by atoms with Crippen LogP contribution < -0.4 is 4.90 Å². The smallest absolute Gasteiger partial charge is 0.337 e. The van der Waals surface area contributed by atoms with Crippen LogP contribution in [-0.2, 0) is 9.53 Å². The van der Waals surface area contributed by atoms with Crippen LogP contribution in [0.5, 0.6) is 0 Å². The number of carboxylic acid groups (broad SMARTS) is 1. The Hall–Kier alpha value is -2.66. The molecule has 5 nitrogen and oxygen atoms in total. The van der Waals surface area contributed by atoms with Gasteiger partial charge < -0.3 is 14.7 Å². The minimum absolute atomic E-state index is 0.280. The number of hydrogen-bond donors (Lipinski definition) is 1. The van der Waals surface area contributed by atoms with Crippen molar-refractivity contribution in [1.82, 2.24) is 4.98 Å². The summed E-state index contributed by atoms with van der Waals surface area (Å²) < 4.78 is 6.11. The zero-order valence-corrected chi connectivity index (χ0v) is 21.1. The predicted octanol–water partition coefficient (Wildman–Crippen LogP) is 6.44. The SMILES string of the molecule is Cc1nc(C)c(C(OC(C)(C)C)C(=O)O)c(N2CCC(C)(C)CC2)c1C=Cc1ccccc1. The lowest BCUT2D eigenvalue weighted by atomic mass is 9.82. The van der Waals surface area contributed by atoms with Crippen LogP contribution in [0.2, 0.25) is 0 Å². The van der Waals surface area contributed by atoms with E-state index in [2.05, 4.69) is 43.0 Å². The van der Waals surface area contributed by atoms with Crippen LogP contribution in [0.4, 0.5) is 5.69 Å². The van der Waals surface area contributed by atoms with E-state index < -0.39 is 17.7 Å². The molecule has 1 fully saturated rings. The van der Waals surface area contributed by atoms with Crippen molar-refractivity contribution in [3.63, 3.8) is 0 Å². The fourth-order valence-electron chi connectivity index (χ4n) is 4.38. The van der Waals surface area contributed by atoms with Crippen LogP contribution in [0.1, 0.15) is 81.6 Å². The van der Waals surface area contributed by atoms with Gasteiger partial charge in [0, 0.05) is 35.6 Å². The van der Waals surface area contributed by atoms with Gasteiger partial charge in [-0.3, -0.25) is 4.98 Å². The number of aliphatic carboxylic acids is 1. The second kappa shape index (κ2) is 9.68. The van der Waals surface area contributed by atoms with Crippen molar-refractivity contribution in [1.29, 1.82) is 0 Å². The highest BCUT2D eigenvalue weighted by molar-refractivity contribution is 5.85. The molecule has 1 N–H and O–H groups in total. The zero-order valence-electron chi connectivity index (χ0n) is 21.1. The molecule has 1 aromatic carbocycles. The summed E-state index contributed by atoms with van der Waals surface area (Å²) in [6.45, 7) is 15.9. The molecule has 5 heteroatoms. The molecular formula is C28H38N2O3. The normalized spacial score (nSPS) is 17.4. The van der Waals surface area contributed by atoms with Gasteiger partial charge in [-0.2, -0.15) is 0 Å². The third-order valence-electron chi connectivity index (χ3n) is 6.26. The van der Waals surface area contributed by atoms with Gasteiger partial charge in [0.15, 0.2) is 6.10 Å². The van der Waals surface area contributed by atoms with Gasteiger partial charge in [0.05, 0.1) is 11.3 Å².